The van der Waals surface area contributed by atoms with Gasteiger partial charge in [-0.15, -0.1) is 0 Å². The summed E-state index contributed by atoms with van der Waals surface area (Å²) < 4.78 is 6.32. The minimum atomic E-state index is -0.253. The van der Waals surface area contributed by atoms with Crippen molar-refractivity contribution in [2.45, 2.75) is 18.9 Å². The van der Waals surface area contributed by atoms with Crippen LogP contribution in [0.25, 0.3) is 11.4 Å². The van der Waals surface area contributed by atoms with E-state index in [2.05, 4.69) is 38.2 Å². The highest BCUT2D eigenvalue weighted by molar-refractivity contribution is 9.10. The summed E-state index contributed by atoms with van der Waals surface area (Å²) in [5, 5.41) is 4.01. The molecule has 1 atom stereocenters. The van der Waals surface area contributed by atoms with E-state index in [9.17, 15) is 0 Å². The summed E-state index contributed by atoms with van der Waals surface area (Å²) >= 11 is 3.40. The molecule has 0 bridgehead atoms. The maximum atomic E-state index is 6.15. The molecule has 4 nitrogen and oxygen atoms in total. The van der Waals surface area contributed by atoms with Crippen molar-refractivity contribution >= 4 is 15.9 Å². The number of halogens is 1. The van der Waals surface area contributed by atoms with Crippen LogP contribution < -0.4 is 5.73 Å². The molecule has 3 rings (SSSR count). The number of hydrogen-bond acceptors (Lipinski definition) is 4. The Kier molecular flexibility index (Phi) is 4.65. The molecule has 1 heterocycles. The lowest BCUT2D eigenvalue weighted by Gasteiger charge is -2.06. The molecule has 0 unspecified atom stereocenters. The van der Waals surface area contributed by atoms with Gasteiger partial charge < -0.3 is 10.3 Å². The van der Waals surface area contributed by atoms with Crippen LogP contribution in [0.2, 0.25) is 0 Å². The summed E-state index contributed by atoms with van der Waals surface area (Å²) in [4.78, 5) is 4.40. The van der Waals surface area contributed by atoms with Gasteiger partial charge >= 0.3 is 0 Å². The Hall–Kier alpha value is -1.98. The van der Waals surface area contributed by atoms with Crippen molar-refractivity contribution in [3.05, 3.63) is 70.5 Å². The minimum absolute atomic E-state index is 0.253. The van der Waals surface area contributed by atoms with Crippen molar-refractivity contribution in [3.8, 4) is 11.4 Å². The van der Waals surface area contributed by atoms with Crippen molar-refractivity contribution in [3.63, 3.8) is 0 Å². The summed E-state index contributed by atoms with van der Waals surface area (Å²) in [5.41, 5.74) is 8.32. The second kappa shape index (κ2) is 6.85. The van der Waals surface area contributed by atoms with Gasteiger partial charge in [-0.25, -0.2) is 0 Å². The van der Waals surface area contributed by atoms with Crippen molar-refractivity contribution < 1.29 is 4.52 Å². The summed E-state index contributed by atoms with van der Waals surface area (Å²) in [6.45, 7) is 0. The van der Waals surface area contributed by atoms with Crippen LogP contribution >= 0.6 is 15.9 Å². The third-order valence-corrected chi connectivity index (χ3v) is 3.98. The standard InChI is InChI=1S/C17H16BrN3O/c18-14-9-7-13(8-10-14)16-20-17(22-21-16)15(19)11-6-12-4-2-1-3-5-12/h1-5,7-10,15H,6,11,19H2/t15-/m1/s1. The van der Waals surface area contributed by atoms with E-state index in [0.29, 0.717) is 11.7 Å². The number of aryl methyl sites for hydroxylation is 1. The van der Waals surface area contributed by atoms with Crippen molar-refractivity contribution in [1.82, 2.24) is 10.1 Å². The average Bonchev–Trinajstić information content (AvgIpc) is 3.04. The first-order chi connectivity index (χ1) is 10.7. The van der Waals surface area contributed by atoms with Crippen molar-refractivity contribution in [2.24, 2.45) is 5.73 Å². The fraction of sp³-hybridized carbons (Fsp3) is 0.176. The van der Waals surface area contributed by atoms with Crippen LogP contribution in [0.1, 0.15) is 23.9 Å². The maximum Gasteiger partial charge on any atom is 0.243 e. The molecule has 112 valence electrons. The lowest BCUT2D eigenvalue weighted by atomic mass is 10.1. The van der Waals surface area contributed by atoms with E-state index >= 15 is 0 Å². The molecule has 3 aromatic rings. The summed E-state index contributed by atoms with van der Waals surface area (Å²) in [6, 6.07) is 17.8. The highest BCUT2D eigenvalue weighted by atomic mass is 79.9. The zero-order valence-electron chi connectivity index (χ0n) is 11.9. The molecular formula is C17H16BrN3O. The van der Waals surface area contributed by atoms with E-state index < -0.39 is 0 Å². The van der Waals surface area contributed by atoms with Gasteiger partial charge in [0.15, 0.2) is 0 Å². The van der Waals surface area contributed by atoms with Crippen LogP contribution in [0, 0.1) is 0 Å². The van der Waals surface area contributed by atoms with Crippen LogP contribution in [0.15, 0.2) is 63.6 Å². The van der Waals surface area contributed by atoms with Crippen LogP contribution in [-0.4, -0.2) is 10.1 Å². The molecule has 0 aliphatic rings. The number of nitrogens with two attached hydrogens (primary N) is 1. The fourth-order valence-corrected chi connectivity index (χ4v) is 2.46. The van der Waals surface area contributed by atoms with Crippen LogP contribution in [0.4, 0.5) is 0 Å². The Labute approximate surface area is 137 Å². The van der Waals surface area contributed by atoms with Crippen molar-refractivity contribution in [1.29, 1.82) is 0 Å². The molecule has 0 radical (unpaired) electrons. The lowest BCUT2D eigenvalue weighted by Crippen LogP contribution is -2.11. The van der Waals surface area contributed by atoms with E-state index in [0.717, 1.165) is 22.9 Å². The molecule has 0 fully saturated rings. The molecule has 22 heavy (non-hydrogen) atoms. The number of hydrogen-bond donors (Lipinski definition) is 1. The van der Waals surface area contributed by atoms with E-state index in [-0.39, 0.29) is 6.04 Å². The third kappa shape index (κ3) is 3.61. The zero-order chi connectivity index (χ0) is 15.4. The third-order valence-electron chi connectivity index (χ3n) is 3.45. The molecule has 0 aliphatic carbocycles. The Morgan fingerprint density at radius 3 is 2.50 bits per heavy atom. The predicted molar refractivity (Wildman–Crippen MR) is 89.1 cm³/mol. The van der Waals surface area contributed by atoms with Gasteiger partial charge in [-0.3, -0.25) is 0 Å². The molecule has 0 aliphatic heterocycles. The maximum absolute atomic E-state index is 6.15. The number of aromatic nitrogens is 2. The van der Waals surface area contributed by atoms with Gasteiger partial charge in [0.25, 0.3) is 0 Å². The van der Waals surface area contributed by atoms with Crippen LogP contribution in [-0.2, 0) is 6.42 Å². The van der Waals surface area contributed by atoms with Gasteiger partial charge in [-0.2, -0.15) is 4.98 Å². The normalized spacial score (nSPS) is 12.3. The molecule has 2 N–H and O–H groups in total. The Bertz CT molecular complexity index is 725. The summed E-state index contributed by atoms with van der Waals surface area (Å²) in [5.74, 6) is 1.05. The quantitative estimate of drug-likeness (QED) is 0.745. The second-order valence-corrected chi connectivity index (χ2v) is 6.01. The van der Waals surface area contributed by atoms with Crippen LogP contribution in [0.5, 0.6) is 0 Å². The highest BCUT2D eigenvalue weighted by Gasteiger charge is 2.15. The van der Waals surface area contributed by atoms with E-state index in [1.165, 1.54) is 5.56 Å². The molecule has 0 saturated carbocycles. The van der Waals surface area contributed by atoms with Gasteiger partial charge in [0, 0.05) is 10.0 Å². The number of rotatable bonds is 5. The minimum Gasteiger partial charge on any atom is -0.337 e. The first kappa shape index (κ1) is 14.9. The topological polar surface area (TPSA) is 64.9 Å². The predicted octanol–water partition coefficient (Wildman–Crippen LogP) is 4.13. The second-order valence-electron chi connectivity index (χ2n) is 5.09. The molecule has 0 amide bonds. The molecule has 1 aromatic heterocycles. The molecule has 2 aromatic carbocycles. The Morgan fingerprint density at radius 2 is 1.77 bits per heavy atom. The Balaban J connectivity index is 1.66. The lowest BCUT2D eigenvalue weighted by molar-refractivity contribution is 0.349. The van der Waals surface area contributed by atoms with Gasteiger partial charge in [0.1, 0.15) is 0 Å². The molecule has 5 heteroatoms. The molecule has 0 spiro atoms. The largest absolute Gasteiger partial charge is 0.337 e. The number of nitrogens with zero attached hydrogens (tertiary/aromatic N) is 2. The van der Waals surface area contributed by atoms with E-state index in [1.807, 2.05) is 42.5 Å². The van der Waals surface area contributed by atoms with Crippen molar-refractivity contribution in [2.75, 3.05) is 0 Å². The first-order valence-electron chi connectivity index (χ1n) is 7.11. The van der Waals surface area contributed by atoms with Gasteiger partial charge in [0.2, 0.25) is 11.7 Å². The zero-order valence-corrected chi connectivity index (χ0v) is 13.5. The van der Waals surface area contributed by atoms with Crippen LogP contribution in [0.3, 0.4) is 0 Å². The van der Waals surface area contributed by atoms with Gasteiger partial charge in [-0.1, -0.05) is 51.4 Å². The summed E-state index contributed by atoms with van der Waals surface area (Å²) in [7, 11) is 0. The van der Waals surface area contributed by atoms with E-state index in [1.54, 1.807) is 0 Å². The summed E-state index contributed by atoms with van der Waals surface area (Å²) in [6.07, 6.45) is 1.66. The smallest absolute Gasteiger partial charge is 0.243 e. The van der Waals surface area contributed by atoms with E-state index in [4.69, 9.17) is 10.3 Å². The average molecular weight is 358 g/mol. The fourth-order valence-electron chi connectivity index (χ4n) is 2.19. The number of benzene rings is 2. The monoisotopic (exact) mass is 357 g/mol. The van der Waals surface area contributed by atoms with Gasteiger partial charge in [-0.05, 0) is 42.7 Å². The Morgan fingerprint density at radius 1 is 1.05 bits per heavy atom. The van der Waals surface area contributed by atoms with Gasteiger partial charge in [0.05, 0.1) is 6.04 Å². The highest BCUT2D eigenvalue weighted by Crippen LogP contribution is 2.22. The SMILES string of the molecule is N[C@H](CCc1ccccc1)c1nc(-c2ccc(Br)cc2)no1. The molecular weight excluding hydrogens is 342 g/mol. The first-order valence-corrected chi connectivity index (χ1v) is 7.91. The molecule has 0 saturated heterocycles.